The quantitative estimate of drug-likeness (QED) is 0.558. The Morgan fingerprint density at radius 1 is 1.09 bits per heavy atom. The molecule has 0 spiro atoms. The Hall–Kier alpha value is -4.45. The number of rotatable bonds is 7. The molecule has 0 saturated heterocycles. The average molecular weight is 443 g/mol. The van der Waals surface area contributed by atoms with Crippen molar-refractivity contribution < 1.29 is 19.1 Å². The van der Waals surface area contributed by atoms with E-state index in [-0.39, 0.29) is 23.1 Å². The molecule has 0 aliphatic carbocycles. The first-order valence-corrected chi connectivity index (χ1v) is 10.4. The minimum atomic E-state index is -0.497. The van der Waals surface area contributed by atoms with Gasteiger partial charge < -0.3 is 10.1 Å². The molecule has 0 fully saturated rings. The normalized spacial score (nSPS) is 12.5. The lowest BCUT2D eigenvalue weighted by Gasteiger charge is -2.14. The van der Waals surface area contributed by atoms with Crippen LogP contribution in [0.4, 0.5) is 11.5 Å². The fourth-order valence-corrected chi connectivity index (χ4v) is 3.64. The highest BCUT2D eigenvalue weighted by atomic mass is 16.5. The summed E-state index contributed by atoms with van der Waals surface area (Å²) in [5.74, 6) is -0.302. The highest BCUT2D eigenvalue weighted by Gasteiger charge is 2.37. The van der Waals surface area contributed by atoms with E-state index in [4.69, 9.17) is 10.00 Å². The molecule has 0 bridgehead atoms. The Balaban J connectivity index is 1.57. The van der Waals surface area contributed by atoms with E-state index < -0.39 is 17.7 Å². The van der Waals surface area contributed by atoms with Crippen LogP contribution in [0, 0.1) is 18.3 Å². The van der Waals surface area contributed by atoms with Gasteiger partial charge in [-0.3, -0.25) is 14.4 Å². The minimum absolute atomic E-state index is 0.163. The number of amides is 3. The molecule has 2 aromatic carbocycles. The van der Waals surface area contributed by atoms with Crippen LogP contribution in [0.3, 0.4) is 0 Å². The van der Waals surface area contributed by atoms with E-state index in [2.05, 4.69) is 10.4 Å². The number of anilines is 2. The van der Waals surface area contributed by atoms with E-state index in [0.29, 0.717) is 36.1 Å². The van der Waals surface area contributed by atoms with Crippen LogP contribution in [0.5, 0.6) is 5.75 Å². The van der Waals surface area contributed by atoms with Crippen molar-refractivity contribution in [1.29, 1.82) is 5.26 Å². The van der Waals surface area contributed by atoms with Gasteiger partial charge in [0.2, 0.25) is 0 Å². The maximum absolute atomic E-state index is 13.0. The molecule has 3 amide bonds. The van der Waals surface area contributed by atoms with Crippen LogP contribution in [0.15, 0.2) is 48.5 Å². The first-order valence-electron chi connectivity index (χ1n) is 10.4. The number of aryl methyl sites for hydroxylation is 2. The van der Waals surface area contributed by atoms with Crippen molar-refractivity contribution in [2.45, 2.75) is 26.8 Å². The fraction of sp³-hybridized carbons (Fsp3) is 0.208. The first-order chi connectivity index (χ1) is 15.9. The van der Waals surface area contributed by atoms with Gasteiger partial charge in [-0.25, -0.2) is 9.58 Å². The predicted octanol–water partition coefficient (Wildman–Crippen LogP) is 3.56. The molecule has 1 aliphatic heterocycles. The zero-order chi connectivity index (χ0) is 23.5. The second kappa shape index (κ2) is 8.96. The van der Waals surface area contributed by atoms with Crippen molar-refractivity contribution in [1.82, 2.24) is 9.78 Å². The molecule has 2 heterocycles. The Labute approximate surface area is 190 Å². The summed E-state index contributed by atoms with van der Waals surface area (Å²) in [6.45, 7) is 4.50. The molecular weight excluding hydrogens is 422 g/mol. The number of nitriles is 1. The number of imide groups is 1. The largest absolute Gasteiger partial charge is 0.494 e. The van der Waals surface area contributed by atoms with Gasteiger partial charge in [-0.05, 0) is 56.3 Å². The number of carbonyl (C=O) groups excluding carboxylic acids is 3. The third-order valence-electron chi connectivity index (χ3n) is 5.13. The molecule has 9 heteroatoms. The molecule has 1 aromatic heterocycles. The second-order valence-electron chi connectivity index (χ2n) is 7.39. The Morgan fingerprint density at radius 2 is 1.82 bits per heavy atom. The molecule has 1 N–H and O–H groups in total. The number of fused-ring (bicyclic) bond motifs is 1. The van der Waals surface area contributed by atoms with Gasteiger partial charge in [0.05, 0.1) is 48.1 Å². The third-order valence-corrected chi connectivity index (χ3v) is 5.13. The molecule has 0 radical (unpaired) electrons. The summed E-state index contributed by atoms with van der Waals surface area (Å²) in [6.07, 6.45) is 0.251. The summed E-state index contributed by atoms with van der Waals surface area (Å²) in [5, 5.41) is 15.8. The van der Waals surface area contributed by atoms with Crippen molar-refractivity contribution in [2.75, 3.05) is 16.8 Å². The van der Waals surface area contributed by atoms with Gasteiger partial charge in [-0.15, -0.1) is 0 Å². The highest BCUT2D eigenvalue weighted by Crippen LogP contribution is 2.30. The zero-order valence-corrected chi connectivity index (χ0v) is 18.2. The topological polar surface area (TPSA) is 117 Å². The average Bonchev–Trinajstić information content (AvgIpc) is 3.28. The summed E-state index contributed by atoms with van der Waals surface area (Å²) in [7, 11) is 0. The predicted molar refractivity (Wildman–Crippen MR) is 120 cm³/mol. The van der Waals surface area contributed by atoms with Crippen LogP contribution in [-0.2, 0) is 6.54 Å². The Bertz CT molecular complexity index is 1290. The summed E-state index contributed by atoms with van der Waals surface area (Å²) < 4.78 is 6.95. The van der Waals surface area contributed by atoms with E-state index in [9.17, 15) is 14.4 Å². The lowest BCUT2D eigenvalue weighted by Crippen LogP contribution is -2.29. The maximum atomic E-state index is 13.0. The van der Waals surface area contributed by atoms with Gasteiger partial charge in [-0.2, -0.15) is 10.4 Å². The first kappa shape index (κ1) is 21.8. The SMILES string of the molecule is CCOc1ccc(N2C(=O)c3ccc(C(=O)Nc4cc(C)nn4CCC#N)cc3C2=O)cc1. The number of aromatic nitrogens is 2. The summed E-state index contributed by atoms with van der Waals surface area (Å²) >= 11 is 0. The lowest BCUT2D eigenvalue weighted by atomic mass is 10.1. The smallest absolute Gasteiger partial charge is 0.266 e. The van der Waals surface area contributed by atoms with Gasteiger partial charge in [0.1, 0.15) is 11.6 Å². The van der Waals surface area contributed by atoms with Gasteiger partial charge >= 0.3 is 0 Å². The summed E-state index contributed by atoms with van der Waals surface area (Å²) in [6, 6.07) is 14.8. The van der Waals surface area contributed by atoms with Crippen molar-refractivity contribution >= 4 is 29.2 Å². The van der Waals surface area contributed by atoms with Crippen LogP contribution in [0.25, 0.3) is 0 Å². The number of nitrogens with zero attached hydrogens (tertiary/aromatic N) is 4. The molecule has 0 atom stereocenters. The Kier molecular flexibility index (Phi) is 5.91. The van der Waals surface area contributed by atoms with Crippen LogP contribution < -0.4 is 15.0 Å². The molecule has 9 nitrogen and oxygen atoms in total. The molecule has 4 rings (SSSR count). The third kappa shape index (κ3) is 4.19. The fourth-order valence-electron chi connectivity index (χ4n) is 3.64. The molecule has 0 unspecified atom stereocenters. The van der Waals surface area contributed by atoms with E-state index in [0.717, 1.165) is 4.90 Å². The van der Waals surface area contributed by atoms with E-state index in [1.54, 1.807) is 41.9 Å². The Morgan fingerprint density at radius 3 is 2.52 bits per heavy atom. The number of benzene rings is 2. The highest BCUT2D eigenvalue weighted by molar-refractivity contribution is 6.34. The van der Waals surface area contributed by atoms with Crippen molar-refractivity contribution in [2.24, 2.45) is 0 Å². The van der Waals surface area contributed by atoms with Crippen molar-refractivity contribution in [3.05, 3.63) is 70.9 Å². The minimum Gasteiger partial charge on any atom is -0.494 e. The molecule has 3 aromatic rings. The van der Waals surface area contributed by atoms with Gasteiger partial charge in [0.15, 0.2) is 0 Å². The van der Waals surface area contributed by atoms with E-state index >= 15 is 0 Å². The summed E-state index contributed by atoms with van der Waals surface area (Å²) in [5.41, 5.74) is 1.75. The molecule has 0 saturated carbocycles. The summed E-state index contributed by atoms with van der Waals surface area (Å²) in [4.78, 5) is 39.8. The molecule has 1 aliphatic rings. The monoisotopic (exact) mass is 443 g/mol. The van der Waals surface area contributed by atoms with Crippen molar-refractivity contribution in [3.8, 4) is 11.8 Å². The van der Waals surface area contributed by atoms with Gasteiger partial charge in [-0.1, -0.05) is 0 Å². The van der Waals surface area contributed by atoms with Gasteiger partial charge in [0.25, 0.3) is 17.7 Å². The standard InChI is InChI=1S/C24H21N5O4/c1-3-33-18-8-6-17(7-9-18)29-23(31)19-10-5-16(14-20(19)24(29)32)22(30)26-21-13-15(2)27-28(21)12-4-11-25/h5-10,13-14H,3-4,12H2,1-2H3,(H,26,30). The number of hydrogen-bond donors (Lipinski definition) is 1. The number of hydrogen-bond acceptors (Lipinski definition) is 6. The van der Waals surface area contributed by atoms with Crippen LogP contribution >= 0.6 is 0 Å². The van der Waals surface area contributed by atoms with Crippen LogP contribution in [-0.4, -0.2) is 34.1 Å². The van der Waals surface area contributed by atoms with Crippen LogP contribution in [0.1, 0.15) is 50.1 Å². The number of carbonyl (C=O) groups is 3. The molecule has 33 heavy (non-hydrogen) atoms. The van der Waals surface area contributed by atoms with E-state index in [1.807, 2.05) is 13.0 Å². The molecule has 166 valence electrons. The second-order valence-corrected chi connectivity index (χ2v) is 7.39. The number of ether oxygens (including phenoxy) is 1. The van der Waals surface area contributed by atoms with Gasteiger partial charge in [0, 0.05) is 11.6 Å². The maximum Gasteiger partial charge on any atom is 0.266 e. The lowest BCUT2D eigenvalue weighted by molar-refractivity contribution is 0.0925. The number of nitrogens with one attached hydrogen (secondary N) is 1. The van der Waals surface area contributed by atoms with E-state index in [1.165, 1.54) is 18.2 Å². The zero-order valence-electron chi connectivity index (χ0n) is 18.2. The van der Waals surface area contributed by atoms with Crippen LogP contribution in [0.2, 0.25) is 0 Å². The van der Waals surface area contributed by atoms with Crippen molar-refractivity contribution in [3.63, 3.8) is 0 Å². The molecular formula is C24H21N5O4.